The van der Waals surface area contributed by atoms with E-state index in [0.29, 0.717) is 12.0 Å². The van der Waals surface area contributed by atoms with Gasteiger partial charge in [-0.05, 0) is 44.9 Å². The molecule has 1 amide bonds. The predicted octanol–water partition coefficient (Wildman–Crippen LogP) is 3.00. The molecule has 0 unspecified atom stereocenters. The fourth-order valence-electron chi connectivity index (χ4n) is 4.13. The van der Waals surface area contributed by atoms with Crippen LogP contribution in [0.3, 0.4) is 0 Å². The maximum atomic E-state index is 13.4. The van der Waals surface area contributed by atoms with E-state index in [0.717, 1.165) is 0 Å². The maximum absolute atomic E-state index is 13.4. The Morgan fingerprint density at radius 2 is 1.85 bits per heavy atom. The Balaban J connectivity index is 2.01. The number of carbonyl (C=O) groups is 4. The number of hydrogen-bond acceptors (Lipinski definition) is 10. The zero-order valence-corrected chi connectivity index (χ0v) is 23.7. The van der Waals surface area contributed by atoms with E-state index in [2.05, 4.69) is 5.32 Å². The van der Waals surface area contributed by atoms with Gasteiger partial charge in [-0.2, -0.15) is 0 Å². The summed E-state index contributed by atoms with van der Waals surface area (Å²) >= 11 is 0. The van der Waals surface area contributed by atoms with E-state index in [1.807, 2.05) is 6.92 Å². The summed E-state index contributed by atoms with van der Waals surface area (Å²) in [6.07, 6.45) is 4.95. The van der Waals surface area contributed by atoms with Crippen molar-refractivity contribution < 1.29 is 47.6 Å². The number of esters is 1. The van der Waals surface area contributed by atoms with Crippen LogP contribution >= 0.6 is 0 Å². The second-order valence-electron chi connectivity index (χ2n) is 10.1. The minimum Gasteiger partial charge on any atom is -0.486 e. The fourth-order valence-corrected chi connectivity index (χ4v) is 4.13. The lowest BCUT2D eigenvalue weighted by Gasteiger charge is -2.21. The second kappa shape index (κ2) is 13.7. The van der Waals surface area contributed by atoms with Crippen LogP contribution in [-0.2, 0) is 33.3 Å². The maximum Gasteiger partial charge on any atom is 0.342 e. The molecule has 1 fully saturated rings. The van der Waals surface area contributed by atoms with E-state index in [4.69, 9.17) is 28.4 Å². The third-order valence-corrected chi connectivity index (χ3v) is 6.30. The first-order valence-corrected chi connectivity index (χ1v) is 13.0. The van der Waals surface area contributed by atoms with Crippen LogP contribution < -0.4 is 14.8 Å². The molecule has 0 aliphatic carbocycles. The number of fused-ring (bicyclic) bond motifs is 2. The molecule has 11 heteroatoms. The number of cyclic esters (lactones) is 1. The number of rotatable bonds is 8. The second-order valence-corrected chi connectivity index (χ2v) is 10.1. The molecule has 1 aromatic carbocycles. The van der Waals surface area contributed by atoms with Crippen molar-refractivity contribution in [3.8, 4) is 11.5 Å². The molecule has 2 heterocycles. The minimum absolute atomic E-state index is 0.135. The first-order chi connectivity index (χ1) is 18.9. The summed E-state index contributed by atoms with van der Waals surface area (Å²) in [4.78, 5) is 49.6. The van der Waals surface area contributed by atoms with Crippen LogP contribution in [0, 0.1) is 5.92 Å². The van der Waals surface area contributed by atoms with Crippen molar-refractivity contribution in [3.05, 3.63) is 41.5 Å². The van der Waals surface area contributed by atoms with Crippen molar-refractivity contribution in [2.24, 2.45) is 5.92 Å². The van der Waals surface area contributed by atoms with Crippen molar-refractivity contribution in [2.75, 3.05) is 27.1 Å². The average Bonchev–Trinajstić information content (AvgIpc) is 3.21. The number of ether oxygens (including phenoxy) is 6. The predicted molar refractivity (Wildman–Crippen MR) is 144 cm³/mol. The molecule has 0 radical (unpaired) electrons. The third kappa shape index (κ3) is 8.48. The number of ketones is 2. The van der Waals surface area contributed by atoms with E-state index in [9.17, 15) is 19.2 Å². The number of benzene rings is 1. The SMILES string of the molecule is COCOc1cc(OCC(=O)CNC(C)=O)cc2c1C(=O)O[C@@H](C)[C@H](C)/C=C\C(=O)[C@H]1OC(C)(C)O[C@H]1CC=C2. The van der Waals surface area contributed by atoms with Gasteiger partial charge in [0.2, 0.25) is 5.91 Å². The summed E-state index contributed by atoms with van der Waals surface area (Å²) in [5.41, 5.74) is 0.540. The van der Waals surface area contributed by atoms with Gasteiger partial charge in [-0.15, -0.1) is 0 Å². The number of carbonyl (C=O) groups excluding carboxylic acids is 4. The Kier molecular flexibility index (Phi) is 10.6. The number of Topliss-reactive ketones (excluding diaryl/α,β-unsaturated/α-hetero) is 1. The Morgan fingerprint density at radius 1 is 1.10 bits per heavy atom. The lowest BCUT2D eigenvalue weighted by molar-refractivity contribution is -0.152. The van der Waals surface area contributed by atoms with E-state index in [1.54, 1.807) is 45.1 Å². The van der Waals surface area contributed by atoms with Crippen molar-refractivity contribution in [2.45, 2.75) is 65.1 Å². The van der Waals surface area contributed by atoms with Gasteiger partial charge in [-0.3, -0.25) is 14.4 Å². The first kappa shape index (κ1) is 31.0. The van der Waals surface area contributed by atoms with Gasteiger partial charge >= 0.3 is 5.97 Å². The van der Waals surface area contributed by atoms with Crippen molar-refractivity contribution >= 4 is 29.5 Å². The Labute approximate surface area is 233 Å². The highest BCUT2D eigenvalue weighted by Gasteiger charge is 2.43. The molecule has 4 atom stereocenters. The Bertz CT molecular complexity index is 1170. The summed E-state index contributed by atoms with van der Waals surface area (Å²) in [6, 6.07) is 3.05. The van der Waals surface area contributed by atoms with Crippen LogP contribution in [0.5, 0.6) is 11.5 Å². The number of methoxy groups -OCH3 is 1. The molecular weight excluding hydrogens is 522 g/mol. The smallest absolute Gasteiger partial charge is 0.342 e. The summed E-state index contributed by atoms with van der Waals surface area (Å²) in [7, 11) is 1.44. The van der Waals surface area contributed by atoms with Gasteiger partial charge in [0.05, 0.1) is 12.6 Å². The number of hydrogen-bond donors (Lipinski definition) is 1. The molecule has 1 N–H and O–H groups in total. The van der Waals surface area contributed by atoms with Gasteiger partial charge in [-0.1, -0.05) is 25.2 Å². The van der Waals surface area contributed by atoms with Crippen LogP contribution in [-0.4, -0.2) is 74.6 Å². The van der Waals surface area contributed by atoms with E-state index >= 15 is 0 Å². The average molecular weight is 560 g/mol. The topological polar surface area (TPSA) is 136 Å². The number of amides is 1. The molecule has 218 valence electrons. The molecule has 3 rings (SSSR count). The summed E-state index contributed by atoms with van der Waals surface area (Å²) in [5.74, 6) is -2.41. The van der Waals surface area contributed by atoms with Gasteiger partial charge in [0.25, 0.3) is 0 Å². The summed E-state index contributed by atoms with van der Waals surface area (Å²) in [5, 5.41) is 2.43. The van der Waals surface area contributed by atoms with Gasteiger partial charge in [0, 0.05) is 26.0 Å². The zero-order valence-electron chi connectivity index (χ0n) is 23.7. The van der Waals surface area contributed by atoms with Gasteiger partial charge in [0.15, 0.2) is 24.1 Å². The monoisotopic (exact) mass is 559 g/mol. The van der Waals surface area contributed by atoms with E-state index in [1.165, 1.54) is 26.2 Å². The van der Waals surface area contributed by atoms with Gasteiger partial charge in [0.1, 0.15) is 35.9 Å². The summed E-state index contributed by atoms with van der Waals surface area (Å²) < 4.78 is 34.1. The number of nitrogens with one attached hydrogen (secondary N) is 1. The highest BCUT2D eigenvalue weighted by molar-refractivity contribution is 5.97. The lowest BCUT2D eigenvalue weighted by Crippen LogP contribution is -2.30. The first-order valence-electron chi connectivity index (χ1n) is 13.0. The molecule has 2 aliphatic rings. The highest BCUT2D eigenvalue weighted by atomic mass is 16.8. The Hall–Kier alpha value is -3.54. The normalized spacial score (nSPS) is 25.1. The van der Waals surface area contributed by atoms with E-state index in [-0.39, 0.29) is 60.4 Å². The molecule has 11 nitrogen and oxygen atoms in total. The molecule has 2 aliphatic heterocycles. The molecule has 1 aromatic rings. The minimum atomic E-state index is -0.942. The van der Waals surface area contributed by atoms with Crippen molar-refractivity contribution in [1.82, 2.24) is 5.32 Å². The molecule has 1 saturated heterocycles. The molecule has 40 heavy (non-hydrogen) atoms. The third-order valence-electron chi connectivity index (χ3n) is 6.30. The summed E-state index contributed by atoms with van der Waals surface area (Å²) in [6.45, 7) is 7.72. The molecule has 0 spiro atoms. The standard InChI is InChI=1S/C29H37NO10/c1-17-10-11-23(33)27-24(39-29(4,5)40-27)9-7-8-20-12-22(36-15-21(32)14-30-19(3)31)13-25(37-16-35-6)26(20)28(34)38-18(17)2/h7-8,10-13,17-18,24,27H,9,14-16H2,1-6H3,(H,30,31)/b8-7?,11-10-/t17-,18+,24+,27-/m1/s1. The van der Waals surface area contributed by atoms with Gasteiger partial charge < -0.3 is 33.7 Å². The Morgan fingerprint density at radius 3 is 2.55 bits per heavy atom. The lowest BCUT2D eigenvalue weighted by atomic mass is 9.99. The highest BCUT2D eigenvalue weighted by Crippen LogP contribution is 2.34. The zero-order chi connectivity index (χ0) is 29.4. The largest absolute Gasteiger partial charge is 0.486 e. The van der Waals surface area contributed by atoms with Crippen LogP contribution in [0.1, 0.15) is 57.0 Å². The molecule has 0 saturated carbocycles. The van der Waals surface area contributed by atoms with Crippen LogP contribution in [0.25, 0.3) is 6.08 Å². The van der Waals surface area contributed by atoms with E-state index < -0.39 is 30.1 Å². The van der Waals surface area contributed by atoms with Crippen LogP contribution in [0.4, 0.5) is 0 Å². The van der Waals surface area contributed by atoms with Crippen LogP contribution in [0.2, 0.25) is 0 Å². The quantitative estimate of drug-likeness (QED) is 0.374. The molecular formula is C29H37NO10. The molecule has 0 aromatic heterocycles. The van der Waals surface area contributed by atoms with Crippen molar-refractivity contribution in [3.63, 3.8) is 0 Å². The van der Waals surface area contributed by atoms with Gasteiger partial charge in [-0.25, -0.2) is 4.79 Å². The fraction of sp³-hybridized carbons (Fsp3) is 0.517. The van der Waals surface area contributed by atoms with Crippen LogP contribution in [0.15, 0.2) is 30.4 Å². The molecule has 0 bridgehead atoms. The van der Waals surface area contributed by atoms with Crippen molar-refractivity contribution in [1.29, 1.82) is 0 Å².